The molecule has 1 aliphatic heterocycles. The minimum atomic E-state index is 0.540. The molecule has 5 heteroatoms. The summed E-state index contributed by atoms with van der Waals surface area (Å²) in [5.41, 5.74) is 1.22. The molecular weight excluding hydrogens is 382 g/mol. The average Bonchev–Trinajstić information content (AvgIpc) is 2.37. The maximum Gasteiger partial charge on any atom is 0.0796 e. The van der Waals surface area contributed by atoms with Crippen molar-refractivity contribution in [1.82, 2.24) is 4.90 Å². The SMILES string of the molecule is ClCCCN1CCN(c2cccc(Cl)c2)CC1I. The van der Waals surface area contributed by atoms with E-state index in [1.165, 1.54) is 5.69 Å². The molecule has 2 nitrogen and oxygen atoms in total. The number of hydrogen-bond acceptors (Lipinski definition) is 2. The van der Waals surface area contributed by atoms with Gasteiger partial charge in [0.2, 0.25) is 0 Å². The number of alkyl halides is 2. The lowest BCUT2D eigenvalue weighted by Gasteiger charge is -2.40. The average molecular weight is 399 g/mol. The summed E-state index contributed by atoms with van der Waals surface area (Å²) in [5, 5.41) is 0.807. The molecule has 0 amide bonds. The highest BCUT2D eigenvalue weighted by atomic mass is 127. The van der Waals surface area contributed by atoms with Crippen LogP contribution in [0.4, 0.5) is 5.69 Å². The lowest BCUT2D eigenvalue weighted by atomic mass is 10.2. The third-order valence-electron chi connectivity index (χ3n) is 3.18. The predicted octanol–water partition coefficient (Wildman–Crippen LogP) is 3.85. The van der Waals surface area contributed by atoms with Crippen molar-refractivity contribution >= 4 is 51.5 Å². The van der Waals surface area contributed by atoms with E-state index in [2.05, 4.69) is 38.5 Å². The number of benzene rings is 1. The second-order valence-electron chi connectivity index (χ2n) is 4.44. The maximum atomic E-state index is 6.04. The van der Waals surface area contributed by atoms with Crippen molar-refractivity contribution < 1.29 is 0 Å². The zero-order valence-corrected chi connectivity index (χ0v) is 13.8. The molecule has 1 aromatic carbocycles. The molecule has 0 saturated carbocycles. The molecule has 1 atom stereocenters. The normalized spacial score (nSPS) is 21.3. The van der Waals surface area contributed by atoms with Crippen LogP contribution in [0.3, 0.4) is 0 Å². The van der Waals surface area contributed by atoms with E-state index >= 15 is 0 Å². The van der Waals surface area contributed by atoms with Crippen LogP contribution in [0.25, 0.3) is 0 Å². The van der Waals surface area contributed by atoms with E-state index in [-0.39, 0.29) is 0 Å². The van der Waals surface area contributed by atoms with Gasteiger partial charge in [-0.2, -0.15) is 0 Å². The molecule has 2 rings (SSSR count). The Bertz CT molecular complexity index is 389. The molecule has 1 aromatic rings. The van der Waals surface area contributed by atoms with Crippen LogP contribution in [0.2, 0.25) is 5.02 Å². The second kappa shape index (κ2) is 7.17. The van der Waals surface area contributed by atoms with Gasteiger partial charge in [0.25, 0.3) is 0 Å². The standard InChI is InChI=1S/C13H17Cl2IN2/c14-5-2-6-17-7-8-18(10-13(17)16)12-4-1-3-11(15)9-12/h1,3-4,9,13H,2,5-8,10H2. The van der Waals surface area contributed by atoms with Crippen LogP contribution < -0.4 is 4.90 Å². The van der Waals surface area contributed by atoms with Gasteiger partial charge in [0.05, 0.1) is 4.05 Å². The Hall–Kier alpha value is 0.290. The van der Waals surface area contributed by atoms with Gasteiger partial charge in [0, 0.05) is 42.8 Å². The van der Waals surface area contributed by atoms with E-state index < -0.39 is 0 Å². The lowest BCUT2D eigenvalue weighted by Crippen LogP contribution is -2.50. The Morgan fingerprint density at radius 1 is 1.33 bits per heavy atom. The minimum Gasteiger partial charge on any atom is -0.368 e. The summed E-state index contributed by atoms with van der Waals surface area (Å²) < 4.78 is 0.540. The van der Waals surface area contributed by atoms with Gasteiger partial charge in [-0.05, 0) is 24.6 Å². The molecule has 0 bridgehead atoms. The fourth-order valence-corrected chi connectivity index (χ4v) is 3.54. The Morgan fingerprint density at radius 3 is 2.83 bits per heavy atom. The highest BCUT2D eigenvalue weighted by Gasteiger charge is 2.24. The topological polar surface area (TPSA) is 6.48 Å². The summed E-state index contributed by atoms with van der Waals surface area (Å²) in [4.78, 5) is 4.91. The van der Waals surface area contributed by atoms with E-state index in [0.29, 0.717) is 4.05 Å². The second-order valence-corrected chi connectivity index (χ2v) is 6.69. The molecule has 0 aromatic heterocycles. The van der Waals surface area contributed by atoms with Gasteiger partial charge in [0.1, 0.15) is 0 Å². The highest BCUT2D eigenvalue weighted by molar-refractivity contribution is 14.1. The van der Waals surface area contributed by atoms with Crippen molar-refractivity contribution in [3.8, 4) is 0 Å². The fraction of sp³-hybridized carbons (Fsp3) is 0.538. The Balaban J connectivity index is 1.95. The Morgan fingerprint density at radius 2 is 2.17 bits per heavy atom. The van der Waals surface area contributed by atoms with Crippen LogP contribution >= 0.6 is 45.8 Å². The van der Waals surface area contributed by atoms with Crippen molar-refractivity contribution in [3.05, 3.63) is 29.3 Å². The smallest absolute Gasteiger partial charge is 0.0796 e. The van der Waals surface area contributed by atoms with Crippen molar-refractivity contribution in [2.24, 2.45) is 0 Å². The molecule has 100 valence electrons. The number of halogens is 3. The summed E-state index contributed by atoms with van der Waals surface area (Å²) in [5.74, 6) is 0.748. The van der Waals surface area contributed by atoms with E-state index in [0.717, 1.165) is 43.5 Å². The fourth-order valence-electron chi connectivity index (χ4n) is 2.20. The Labute approximate surface area is 132 Å². The summed E-state index contributed by atoms with van der Waals surface area (Å²) in [6.45, 7) is 4.29. The molecule has 18 heavy (non-hydrogen) atoms. The molecule has 1 aliphatic rings. The van der Waals surface area contributed by atoms with Crippen molar-refractivity contribution in [2.75, 3.05) is 37.0 Å². The van der Waals surface area contributed by atoms with Crippen LogP contribution in [-0.4, -0.2) is 41.0 Å². The first kappa shape index (κ1) is 14.7. The number of rotatable bonds is 4. The van der Waals surface area contributed by atoms with Crippen LogP contribution in [-0.2, 0) is 0 Å². The number of nitrogens with zero attached hydrogens (tertiary/aromatic N) is 2. The molecule has 1 saturated heterocycles. The van der Waals surface area contributed by atoms with Crippen LogP contribution in [0.5, 0.6) is 0 Å². The quantitative estimate of drug-likeness (QED) is 0.431. The van der Waals surface area contributed by atoms with Gasteiger partial charge in [-0.25, -0.2) is 0 Å². The van der Waals surface area contributed by atoms with Gasteiger partial charge in [-0.15, -0.1) is 11.6 Å². The van der Waals surface area contributed by atoms with E-state index in [1.54, 1.807) is 0 Å². The number of anilines is 1. The predicted molar refractivity (Wildman–Crippen MR) is 88.4 cm³/mol. The molecule has 1 heterocycles. The van der Waals surface area contributed by atoms with Gasteiger partial charge < -0.3 is 4.90 Å². The van der Waals surface area contributed by atoms with Crippen LogP contribution in [0.1, 0.15) is 6.42 Å². The monoisotopic (exact) mass is 398 g/mol. The minimum absolute atomic E-state index is 0.540. The maximum absolute atomic E-state index is 6.04. The molecular formula is C13H17Cl2IN2. The van der Waals surface area contributed by atoms with Crippen LogP contribution in [0.15, 0.2) is 24.3 Å². The molecule has 1 fully saturated rings. The number of hydrogen-bond donors (Lipinski definition) is 0. The Kier molecular flexibility index (Phi) is 5.86. The van der Waals surface area contributed by atoms with Crippen molar-refractivity contribution in [3.63, 3.8) is 0 Å². The summed E-state index contributed by atoms with van der Waals surface area (Å²) in [7, 11) is 0. The number of piperazine rings is 1. The first-order valence-corrected chi connectivity index (χ1v) is 8.31. The van der Waals surface area contributed by atoms with Gasteiger partial charge >= 0.3 is 0 Å². The largest absolute Gasteiger partial charge is 0.368 e. The molecule has 1 unspecified atom stereocenters. The van der Waals surface area contributed by atoms with E-state index in [9.17, 15) is 0 Å². The van der Waals surface area contributed by atoms with Gasteiger partial charge in [0.15, 0.2) is 0 Å². The van der Waals surface area contributed by atoms with Gasteiger partial charge in [-0.3, -0.25) is 4.90 Å². The molecule has 0 N–H and O–H groups in total. The zero-order chi connectivity index (χ0) is 13.0. The third kappa shape index (κ3) is 3.89. The molecule has 0 spiro atoms. The first-order chi connectivity index (χ1) is 8.70. The molecule has 0 aliphatic carbocycles. The van der Waals surface area contributed by atoms with Gasteiger partial charge in [-0.1, -0.05) is 40.3 Å². The molecule has 0 radical (unpaired) electrons. The van der Waals surface area contributed by atoms with Crippen molar-refractivity contribution in [2.45, 2.75) is 10.5 Å². The highest BCUT2D eigenvalue weighted by Crippen LogP contribution is 2.24. The summed E-state index contributed by atoms with van der Waals surface area (Å²) >= 11 is 14.3. The summed E-state index contributed by atoms with van der Waals surface area (Å²) in [6, 6.07) is 8.10. The summed E-state index contributed by atoms with van der Waals surface area (Å²) in [6.07, 6.45) is 1.07. The lowest BCUT2D eigenvalue weighted by molar-refractivity contribution is 0.246. The first-order valence-electron chi connectivity index (χ1n) is 6.15. The van der Waals surface area contributed by atoms with Crippen LogP contribution in [0, 0.1) is 0 Å². The van der Waals surface area contributed by atoms with E-state index in [1.807, 2.05) is 18.2 Å². The van der Waals surface area contributed by atoms with Crippen molar-refractivity contribution in [1.29, 1.82) is 0 Å². The zero-order valence-electron chi connectivity index (χ0n) is 10.2. The third-order valence-corrected chi connectivity index (χ3v) is 4.86. The van der Waals surface area contributed by atoms with E-state index in [4.69, 9.17) is 23.2 Å².